The largest absolute Gasteiger partial charge is 0.497 e. The van der Waals surface area contributed by atoms with E-state index >= 15 is 0 Å². The lowest BCUT2D eigenvalue weighted by molar-refractivity contribution is 0.0527. The molecule has 0 atom stereocenters. The average molecular weight is 307 g/mol. The number of nitrogens with one attached hydrogen (secondary N) is 1. The number of unbranched alkanes of at least 4 members (excludes halogenated alkanes) is 1. The fraction of sp³-hybridized carbons (Fsp3) is 0.529. The molecule has 22 heavy (non-hydrogen) atoms. The van der Waals surface area contributed by atoms with Gasteiger partial charge in [0.2, 0.25) is 0 Å². The van der Waals surface area contributed by atoms with E-state index in [2.05, 4.69) is 5.32 Å². The van der Waals surface area contributed by atoms with Crippen molar-refractivity contribution in [3.63, 3.8) is 0 Å². The van der Waals surface area contributed by atoms with Crippen molar-refractivity contribution >= 4 is 11.9 Å². The third kappa shape index (κ3) is 7.11. The molecule has 0 aliphatic rings. The van der Waals surface area contributed by atoms with Gasteiger partial charge in [-0.15, -0.1) is 0 Å². The Kier molecular flexibility index (Phi) is 6.89. The van der Waals surface area contributed by atoms with Crippen LogP contribution in [-0.2, 0) is 4.74 Å². The molecular formula is C17H25NO4. The molecule has 1 rings (SSSR count). The second-order valence-corrected chi connectivity index (χ2v) is 6.04. The minimum Gasteiger partial charge on any atom is -0.497 e. The Balaban J connectivity index is 2.24. The predicted molar refractivity (Wildman–Crippen MR) is 85.4 cm³/mol. The zero-order chi connectivity index (χ0) is 16.6. The van der Waals surface area contributed by atoms with E-state index in [4.69, 9.17) is 9.47 Å². The first-order valence-electron chi connectivity index (χ1n) is 7.46. The number of hydrogen-bond acceptors (Lipinski definition) is 4. The highest BCUT2D eigenvalue weighted by Gasteiger charge is 2.15. The van der Waals surface area contributed by atoms with Crippen LogP contribution < -0.4 is 10.1 Å². The van der Waals surface area contributed by atoms with Crippen molar-refractivity contribution in [3.05, 3.63) is 29.8 Å². The summed E-state index contributed by atoms with van der Waals surface area (Å²) >= 11 is 0. The molecule has 0 heterocycles. The maximum atomic E-state index is 12.0. The Morgan fingerprint density at radius 2 is 1.91 bits per heavy atom. The SMILES string of the molecule is COc1cccc(C(=O)CCCCNC(=O)OC(C)(C)C)c1. The van der Waals surface area contributed by atoms with Gasteiger partial charge in [0.05, 0.1) is 7.11 Å². The number of hydrogen-bond donors (Lipinski definition) is 1. The van der Waals surface area contributed by atoms with E-state index in [0.29, 0.717) is 30.7 Å². The first kappa shape index (κ1) is 18.0. The number of carbonyl (C=O) groups excluding carboxylic acids is 2. The molecule has 0 unspecified atom stereocenters. The smallest absolute Gasteiger partial charge is 0.407 e. The van der Waals surface area contributed by atoms with Crippen molar-refractivity contribution < 1.29 is 19.1 Å². The van der Waals surface area contributed by atoms with Gasteiger partial charge < -0.3 is 14.8 Å². The third-order valence-corrected chi connectivity index (χ3v) is 2.89. The molecule has 0 saturated carbocycles. The first-order chi connectivity index (χ1) is 10.3. The van der Waals surface area contributed by atoms with Crippen LogP contribution in [0, 0.1) is 0 Å². The van der Waals surface area contributed by atoms with E-state index in [1.165, 1.54) is 0 Å². The van der Waals surface area contributed by atoms with E-state index in [1.807, 2.05) is 26.8 Å². The molecule has 122 valence electrons. The van der Waals surface area contributed by atoms with Gasteiger partial charge >= 0.3 is 6.09 Å². The fourth-order valence-corrected chi connectivity index (χ4v) is 1.86. The lowest BCUT2D eigenvalue weighted by atomic mass is 10.1. The van der Waals surface area contributed by atoms with Crippen LogP contribution in [0.2, 0.25) is 0 Å². The van der Waals surface area contributed by atoms with Crippen LogP contribution in [0.25, 0.3) is 0 Å². The van der Waals surface area contributed by atoms with Crippen molar-refractivity contribution in [2.75, 3.05) is 13.7 Å². The van der Waals surface area contributed by atoms with Crippen molar-refractivity contribution in [1.82, 2.24) is 5.32 Å². The molecule has 0 bridgehead atoms. The molecule has 0 aromatic heterocycles. The number of carbonyl (C=O) groups is 2. The van der Waals surface area contributed by atoms with Gasteiger partial charge in [0, 0.05) is 18.5 Å². The van der Waals surface area contributed by atoms with Crippen molar-refractivity contribution in [2.24, 2.45) is 0 Å². The summed E-state index contributed by atoms with van der Waals surface area (Å²) in [5, 5.41) is 2.68. The normalized spacial score (nSPS) is 10.9. The van der Waals surface area contributed by atoms with Crippen LogP contribution in [-0.4, -0.2) is 31.1 Å². The zero-order valence-electron chi connectivity index (χ0n) is 13.8. The molecule has 0 fully saturated rings. The Labute approximate surface area is 132 Å². The number of ketones is 1. The highest BCUT2D eigenvalue weighted by molar-refractivity contribution is 5.96. The summed E-state index contributed by atoms with van der Waals surface area (Å²) in [5.74, 6) is 0.758. The van der Waals surface area contributed by atoms with Gasteiger partial charge in [-0.25, -0.2) is 4.79 Å². The van der Waals surface area contributed by atoms with E-state index < -0.39 is 11.7 Å². The monoisotopic (exact) mass is 307 g/mol. The van der Waals surface area contributed by atoms with Crippen LogP contribution in [0.3, 0.4) is 0 Å². The molecule has 0 aliphatic carbocycles. The fourth-order valence-electron chi connectivity index (χ4n) is 1.86. The molecule has 1 aromatic rings. The van der Waals surface area contributed by atoms with Crippen molar-refractivity contribution in [3.8, 4) is 5.75 Å². The number of benzene rings is 1. The summed E-state index contributed by atoms with van der Waals surface area (Å²) in [6.45, 7) is 5.96. The Morgan fingerprint density at radius 1 is 1.18 bits per heavy atom. The highest BCUT2D eigenvalue weighted by atomic mass is 16.6. The summed E-state index contributed by atoms with van der Waals surface area (Å²) in [4.78, 5) is 23.5. The molecule has 1 amide bonds. The molecule has 0 radical (unpaired) electrons. The molecular weight excluding hydrogens is 282 g/mol. The van der Waals surface area contributed by atoms with Gasteiger partial charge in [0.15, 0.2) is 5.78 Å². The molecule has 5 nitrogen and oxygen atoms in total. The Morgan fingerprint density at radius 3 is 2.55 bits per heavy atom. The number of methoxy groups -OCH3 is 1. The van der Waals surface area contributed by atoms with E-state index in [0.717, 1.165) is 6.42 Å². The maximum absolute atomic E-state index is 12.0. The Bertz CT molecular complexity index is 506. The third-order valence-electron chi connectivity index (χ3n) is 2.89. The van der Waals surface area contributed by atoms with E-state index in [-0.39, 0.29) is 5.78 Å². The average Bonchev–Trinajstić information content (AvgIpc) is 2.45. The minimum atomic E-state index is -0.494. The molecule has 0 aliphatic heterocycles. The van der Waals surface area contributed by atoms with Crippen LogP contribution in [0.1, 0.15) is 50.4 Å². The lowest BCUT2D eigenvalue weighted by Crippen LogP contribution is -2.33. The topological polar surface area (TPSA) is 64.6 Å². The van der Waals surface area contributed by atoms with E-state index in [9.17, 15) is 9.59 Å². The molecule has 5 heteroatoms. The van der Waals surface area contributed by atoms with Crippen LogP contribution in [0.5, 0.6) is 5.75 Å². The van der Waals surface area contributed by atoms with Gasteiger partial charge in [-0.05, 0) is 45.7 Å². The van der Waals surface area contributed by atoms with Gasteiger partial charge in [-0.3, -0.25) is 4.79 Å². The van der Waals surface area contributed by atoms with E-state index in [1.54, 1.807) is 25.3 Å². The summed E-state index contributed by atoms with van der Waals surface area (Å²) in [5.41, 5.74) is 0.159. The standard InChI is InChI=1S/C17H25NO4/c1-17(2,3)22-16(20)18-11-6-5-10-15(19)13-8-7-9-14(12-13)21-4/h7-9,12H,5-6,10-11H2,1-4H3,(H,18,20). The van der Waals surface area contributed by atoms with Crippen LogP contribution >= 0.6 is 0 Å². The summed E-state index contributed by atoms with van der Waals surface area (Å²) in [7, 11) is 1.58. The van der Waals surface area contributed by atoms with Gasteiger partial charge in [-0.2, -0.15) is 0 Å². The van der Waals surface area contributed by atoms with Crippen LogP contribution in [0.15, 0.2) is 24.3 Å². The summed E-state index contributed by atoms with van der Waals surface area (Å²) in [6, 6.07) is 7.13. The first-order valence-corrected chi connectivity index (χ1v) is 7.46. The van der Waals surface area contributed by atoms with Crippen molar-refractivity contribution in [2.45, 2.75) is 45.6 Å². The highest BCUT2D eigenvalue weighted by Crippen LogP contribution is 2.15. The molecule has 1 N–H and O–H groups in total. The number of alkyl carbamates (subject to hydrolysis) is 1. The maximum Gasteiger partial charge on any atom is 0.407 e. The quantitative estimate of drug-likeness (QED) is 0.618. The number of amides is 1. The van der Waals surface area contributed by atoms with Crippen molar-refractivity contribution in [1.29, 1.82) is 0 Å². The second kappa shape index (κ2) is 8.41. The Hall–Kier alpha value is -2.04. The second-order valence-electron chi connectivity index (χ2n) is 6.04. The van der Waals surface area contributed by atoms with Gasteiger partial charge in [0.25, 0.3) is 0 Å². The van der Waals surface area contributed by atoms with Gasteiger partial charge in [0.1, 0.15) is 11.4 Å². The number of ether oxygens (including phenoxy) is 2. The zero-order valence-corrected chi connectivity index (χ0v) is 13.8. The van der Waals surface area contributed by atoms with Gasteiger partial charge in [-0.1, -0.05) is 12.1 Å². The lowest BCUT2D eigenvalue weighted by Gasteiger charge is -2.19. The summed E-state index contributed by atoms with van der Waals surface area (Å²) in [6.07, 6.45) is 1.47. The number of rotatable bonds is 7. The molecule has 0 saturated heterocycles. The number of Topliss-reactive ketones (excluding diaryl/α,β-unsaturated/α-hetero) is 1. The molecule has 0 spiro atoms. The molecule has 1 aromatic carbocycles. The minimum absolute atomic E-state index is 0.0798. The summed E-state index contributed by atoms with van der Waals surface area (Å²) < 4.78 is 10.2. The van der Waals surface area contributed by atoms with Crippen LogP contribution in [0.4, 0.5) is 4.79 Å². The predicted octanol–water partition coefficient (Wildman–Crippen LogP) is 3.57.